The van der Waals surface area contributed by atoms with E-state index >= 15 is 0 Å². The van der Waals surface area contributed by atoms with Gasteiger partial charge in [0.1, 0.15) is 5.75 Å². The van der Waals surface area contributed by atoms with Crippen LogP contribution in [0.4, 0.5) is 0 Å². The molecule has 0 radical (unpaired) electrons. The smallest absolute Gasteiger partial charge is 0.124 e. The van der Waals surface area contributed by atoms with Gasteiger partial charge in [0.25, 0.3) is 0 Å². The quantitative estimate of drug-likeness (QED) is 0.826. The standard InChI is InChI=1S/C18H29NO2/c1-6-19-15(12-18(21-5)8-7-9-18)17-14(3)10-13(2)11-16(17)20-4/h10-11,15,19H,6-9,12H2,1-5H3. The minimum absolute atomic E-state index is 0.0508. The lowest BCUT2D eigenvalue weighted by Gasteiger charge is -2.43. The molecule has 0 aliphatic heterocycles. The molecule has 3 nitrogen and oxygen atoms in total. The summed E-state index contributed by atoms with van der Waals surface area (Å²) in [5.74, 6) is 0.990. The molecule has 0 bridgehead atoms. The highest BCUT2D eigenvalue weighted by atomic mass is 16.5. The van der Waals surface area contributed by atoms with Gasteiger partial charge in [-0.1, -0.05) is 13.0 Å². The maximum Gasteiger partial charge on any atom is 0.124 e. The van der Waals surface area contributed by atoms with Crippen molar-refractivity contribution in [3.05, 3.63) is 28.8 Å². The normalized spacial score (nSPS) is 18.1. The molecule has 1 aliphatic rings. The third-order valence-corrected chi connectivity index (χ3v) is 4.79. The second-order valence-electron chi connectivity index (χ2n) is 6.25. The van der Waals surface area contributed by atoms with Gasteiger partial charge in [0.15, 0.2) is 0 Å². The molecular weight excluding hydrogens is 262 g/mol. The molecule has 21 heavy (non-hydrogen) atoms. The third kappa shape index (κ3) is 3.41. The van der Waals surface area contributed by atoms with E-state index in [1.807, 2.05) is 7.11 Å². The molecule has 1 aromatic carbocycles. The first-order valence-electron chi connectivity index (χ1n) is 7.99. The maximum atomic E-state index is 5.83. The fraction of sp³-hybridized carbons (Fsp3) is 0.667. The van der Waals surface area contributed by atoms with E-state index in [1.165, 1.54) is 36.0 Å². The van der Waals surface area contributed by atoms with E-state index in [0.29, 0.717) is 0 Å². The first kappa shape index (κ1) is 16.3. The summed E-state index contributed by atoms with van der Waals surface area (Å²) in [6.45, 7) is 7.39. The first-order valence-corrected chi connectivity index (χ1v) is 7.99. The molecule has 0 spiro atoms. The zero-order chi connectivity index (χ0) is 15.5. The lowest BCUT2D eigenvalue weighted by atomic mass is 9.74. The molecule has 3 heteroatoms. The van der Waals surface area contributed by atoms with E-state index in [9.17, 15) is 0 Å². The van der Waals surface area contributed by atoms with Gasteiger partial charge in [-0.3, -0.25) is 0 Å². The van der Waals surface area contributed by atoms with Gasteiger partial charge < -0.3 is 14.8 Å². The molecular formula is C18H29NO2. The largest absolute Gasteiger partial charge is 0.496 e. The van der Waals surface area contributed by atoms with Crippen molar-refractivity contribution in [2.45, 2.75) is 58.1 Å². The van der Waals surface area contributed by atoms with Crippen molar-refractivity contribution in [1.82, 2.24) is 5.32 Å². The van der Waals surface area contributed by atoms with Crippen LogP contribution in [-0.4, -0.2) is 26.4 Å². The number of hydrogen-bond acceptors (Lipinski definition) is 3. The Kier molecular flexibility index (Phi) is 5.28. The number of rotatable bonds is 7. The molecule has 0 heterocycles. The second-order valence-corrected chi connectivity index (χ2v) is 6.25. The molecule has 1 saturated carbocycles. The summed E-state index contributed by atoms with van der Waals surface area (Å²) in [6.07, 6.45) is 4.62. The topological polar surface area (TPSA) is 30.5 Å². The van der Waals surface area contributed by atoms with Crippen molar-refractivity contribution in [2.75, 3.05) is 20.8 Å². The SMILES string of the molecule is CCNC(CC1(OC)CCC1)c1c(C)cc(C)cc1OC. The van der Waals surface area contributed by atoms with E-state index in [1.54, 1.807) is 7.11 Å². The molecule has 0 aromatic heterocycles. The Hall–Kier alpha value is -1.06. The lowest BCUT2D eigenvalue weighted by Crippen LogP contribution is -2.43. The Morgan fingerprint density at radius 2 is 1.95 bits per heavy atom. The number of methoxy groups -OCH3 is 2. The Morgan fingerprint density at radius 1 is 1.24 bits per heavy atom. The predicted molar refractivity (Wildman–Crippen MR) is 87.1 cm³/mol. The molecule has 118 valence electrons. The minimum Gasteiger partial charge on any atom is -0.496 e. The minimum atomic E-state index is 0.0508. The van der Waals surface area contributed by atoms with Crippen LogP contribution in [0.3, 0.4) is 0 Å². The van der Waals surface area contributed by atoms with Gasteiger partial charge in [0.05, 0.1) is 12.7 Å². The molecule has 2 rings (SSSR count). The van der Waals surface area contributed by atoms with Crippen molar-refractivity contribution >= 4 is 0 Å². The summed E-state index contributed by atoms with van der Waals surface area (Å²) < 4.78 is 11.5. The van der Waals surface area contributed by atoms with Crippen LogP contribution in [0.25, 0.3) is 0 Å². The van der Waals surface area contributed by atoms with Crippen molar-refractivity contribution < 1.29 is 9.47 Å². The monoisotopic (exact) mass is 291 g/mol. The number of aryl methyl sites for hydroxylation is 2. The van der Waals surface area contributed by atoms with Crippen LogP contribution >= 0.6 is 0 Å². The highest BCUT2D eigenvalue weighted by Gasteiger charge is 2.40. The van der Waals surface area contributed by atoms with Crippen LogP contribution in [-0.2, 0) is 4.74 Å². The Morgan fingerprint density at radius 3 is 2.43 bits per heavy atom. The third-order valence-electron chi connectivity index (χ3n) is 4.79. The zero-order valence-electron chi connectivity index (χ0n) is 14.1. The van der Waals surface area contributed by atoms with Gasteiger partial charge in [0.2, 0.25) is 0 Å². The summed E-state index contributed by atoms with van der Waals surface area (Å²) in [4.78, 5) is 0. The van der Waals surface area contributed by atoms with Crippen LogP contribution < -0.4 is 10.1 Å². The van der Waals surface area contributed by atoms with Crippen molar-refractivity contribution in [3.8, 4) is 5.75 Å². The average Bonchev–Trinajstić information content (AvgIpc) is 2.41. The molecule has 1 unspecified atom stereocenters. The van der Waals surface area contributed by atoms with E-state index in [-0.39, 0.29) is 11.6 Å². The van der Waals surface area contributed by atoms with Crippen LogP contribution in [0, 0.1) is 13.8 Å². The summed E-state index contributed by atoms with van der Waals surface area (Å²) in [5.41, 5.74) is 3.87. The van der Waals surface area contributed by atoms with Crippen molar-refractivity contribution in [3.63, 3.8) is 0 Å². The van der Waals surface area contributed by atoms with Crippen LogP contribution in [0.1, 0.15) is 55.3 Å². The fourth-order valence-corrected chi connectivity index (χ4v) is 3.51. The van der Waals surface area contributed by atoms with E-state index in [0.717, 1.165) is 18.7 Å². The van der Waals surface area contributed by atoms with E-state index in [4.69, 9.17) is 9.47 Å². The van der Waals surface area contributed by atoms with Crippen LogP contribution in [0.15, 0.2) is 12.1 Å². The van der Waals surface area contributed by atoms with Crippen molar-refractivity contribution in [2.24, 2.45) is 0 Å². The molecule has 1 atom stereocenters. The van der Waals surface area contributed by atoms with Gasteiger partial charge in [0, 0.05) is 18.7 Å². The Bertz CT molecular complexity index is 475. The molecule has 1 fully saturated rings. The zero-order valence-corrected chi connectivity index (χ0v) is 14.1. The van der Waals surface area contributed by atoms with Crippen LogP contribution in [0.5, 0.6) is 5.75 Å². The second kappa shape index (κ2) is 6.80. The Balaban J connectivity index is 2.33. The van der Waals surface area contributed by atoms with Gasteiger partial charge in [-0.25, -0.2) is 0 Å². The molecule has 1 aliphatic carbocycles. The summed E-state index contributed by atoms with van der Waals surface area (Å²) >= 11 is 0. The first-order chi connectivity index (χ1) is 10.0. The predicted octanol–water partition coefficient (Wildman–Crippen LogP) is 3.92. The highest BCUT2D eigenvalue weighted by molar-refractivity contribution is 5.45. The fourth-order valence-electron chi connectivity index (χ4n) is 3.51. The van der Waals surface area contributed by atoms with Crippen LogP contribution in [0.2, 0.25) is 0 Å². The number of hydrogen-bond donors (Lipinski definition) is 1. The maximum absolute atomic E-state index is 5.83. The number of benzene rings is 1. The van der Waals surface area contributed by atoms with E-state index in [2.05, 4.69) is 38.2 Å². The molecule has 1 N–H and O–H groups in total. The summed E-state index contributed by atoms with van der Waals surface area (Å²) in [6, 6.07) is 4.65. The Labute approximate surface area is 129 Å². The van der Waals surface area contributed by atoms with Gasteiger partial charge in [-0.15, -0.1) is 0 Å². The molecule has 0 saturated heterocycles. The molecule has 0 amide bonds. The number of ether oxygens (including phenoxy) is 2. The number of nitrogens with one attached hydrogen (secondary N) is 1. The van der Waals surface area contributed by atoms with Gasteiger partial charge in [-0.05, 0) is 63.3 Å². The average molecular weight is 291 g/mol. The lowest BCUT2D eigenvalue weighted by molar-refractivity contribution is -0.0838. The van der Waals surface area contributed by atoms with Gasteiger partial charge in [-0.2, -0.15) is 0 Å². The van der Waals surface area contributed by atoms with Gasteiger partial charge >= 0.3 is 0 Å². The van der Waals surface area contributed by atoms with E-state index < -0.39 is 0 Å². The highest BCUT2D eigenvalue weighted by Crippen LogP contribution is 2.44. The summed E-state index contributed by atoms with van der Waals surface area (Å²) in [5, 5.41) is 3.63. The summed E-state index contributed by atoms with van der Waals surface area (Å²) in [7, 11) is 3.61. The molecule has 1 aromatic rings. The van der Waals surface area contributed by atoms with Crippen molar-refractivity contribution in [1.29, 1.82) is 0 Å².